The predicted molar refractivity (Wildman–Crippen MR) is 105 cm³/mol. The highest BCUT2D eigenvalue weighted by molar-refractivity contribution is 5.93. The van der Waals surface area contributed by atoms with Gasteiger partial charge in [0, 0.05) is 32.2 Å². The first-order chi connectivity index (χ1) is 13.7. The lowest BCUT2D eigenvalue weighted by Crippen LogP contribution is -2.49. The number of piperazine rings is 1. The maximum atomic E-state index is 12.9. The van der Waals surface area contributed by atoms with E-state index in [9.17, 15) is 4.79 Å². The molecule has 3 aromatic rings. The highest BCUT2D eigenvalue weighted by Crippen LogP contribution is 2.28. The number of anilines is 1. The number of rotatable bonds is 5. The van der Waals surface area contributed by atoms with Crippen molar-refractivity contribution in [1.29, 1.82) is 0 Å². The summed E-state index contributed by atoms with van der Waals surface area (Å²) in [6, 6.07) is 11.5. The van der Waals surface area contributed by atoms with Crippen LogP contribution < -0.4 is 14.4 Å². The fourth-order valence-corrected chi connectivity index (χ4v) is 3.40. The minimum atomic E-state index is -0.0804. The Morgan fingerprint density at radius 2 is 1.89 bits per heavy atom. The predicted octanol–water partition coefficient (Wildman–Crippen LogP) is 2.10. The third-order valence-corrected chi connectivity index (χ3v) is 4.80. The second kappa shape index (κ2) is 7.75. The lowest BCUT2D eigenvalue weighted by atomic mass is 10.2. The molecule has 1 fully saturated rings. The first-order valence-corrected chi connectivity index (χ1v) is 9.36. The van der Waals surface area contributed by atoms with Gasteiger partial charge in [-0.15, -0.1) is 5.10 Å². The van der Waals surface area contributed by atoms with Crippen LogP contribution in [0.3, 0.4) is 0 Å². The van der Waals surface area contributed by atoms with Crippen LogP contribution in [0.15, 0.2) is 42.6 Å². The molecule has 28 heavy (non-hydrogen) atoms. The lowest BCUT2D eigenvalue weighted by Gasteiger charge is -2.36. The molecule has 1 amide bonds. The fourth-order valence-electron chi connectivity index (χ4n) is 3.40. The smallest absolute Gasteiger partial charge is 0.274 e. The van der Waals surface area contributed by atoms with Crippen molar-refractivity contribution in [1.82, 2.24) is 19.5 Å². The normalized spacial score (nSPS) is 14.4. The number of benzene rings is 1. The van der Waals surface area contributed by atoms with Gasteiger partial charge in [0.15, 0.2) is 5.65 Å². The van der Waals surface area contributed by atoms with E-state index in [1.54, 1.807) is 30.0 Å². The van der Waals surface area contributed by atoms with E-state index in [2.05, 4.69) is 15.0 Å². The number of methoxy groups -OCH3 is 1. The van der Waals surface area contributed by atoms with E-state index in [0.29, 0.717) is 36.9 Å². The van der Waals surface area contributed by atoms with Gasteiger partial charge in [-0.25, -0.2) is 9.50 Å². The van der Waals surface area contributed by atoms with Gasteiger partial charge >= 0.3 is 0 Å². The number of ether oxygens (including phenoxy) is 2. The molecule has 146 valence electrons. The molecule has 0 aliphatic carbocycles. The minimum Gasteiger partial charge on any atom is -0.495 e. The topological polar surface area (TPSA) is 72.2 Å². The summed E-state index contributed by atoms with van der Waals surface area (Å²) < 4.78 is 12.4. The van der Waals surface area contributed by atoms with Gasteiger partial charge in [0.25, 0.3) is 5.91 Å². The number of fused-ring (bicyclic) bond motifs is 1. The van der Waals surface area contributed by atoms with Gasteiger partial charge in [-0.3, -0.25) is 4.79 Å². The Morgan fingerprint density at radius 3 is 2.64 bits per heavy atom. The molecule has 2 aromatic heterocycles. The Kier molecular flexibility index (Phi) is 5.01. The molecule has 0 N–H and O–H groups in total. The van der Waals surface area contributed by atoms with Crippen molar-refractivity contribution in [2.75, 3.05) is 44.8 Å². The van der Waals surface area contributed by atoms with E-state index in [1.807, 2.05) is 36.1 Å². The summed E-state index contributed by atoms with van der Waals surface area (Å²) in [5.41, 5.74) is 2.07. The third kappa shape index (κ3) is 3.45. The van der Waals surface area contributed by atoms with Gasteiger partial charge in [0.1, 0.15) is 11.4 Å². The zero-order valence-corrected chi connectivity index (χ0v) is 16.0. The van der Waals surface area contributed by atoms with Crippen molar-refractivity contribution in [2.24, 2.45) is 0 Å². The molecule has 1 saturated heterocycles. The Bertz CT molecular complexity index is 979. The van der Waals surface area contributed by atoms with Crippen LogP contribution in [0.4, 0.5) is 5.69 Å². The van der Waals surface area contributed by atoms with Crippen LogP contribution >= 0.6 is 0 Å². The quantitative estimate of drug-likeness (QED) is 0.674. The van der Waals surface area contributed by atoms with E-state index < -0.39 is 0 Å². The standard InChI is InChI=1S/C20H23N5O3/c1-3-28-19-9-8-18-21-15(14-25(18)22-19)20(26)24-12-10-23(11-13-24)16-6-4-5-7-17(16)27-2/h4-9,14H,3,10-13H2,1-2H3. The van der Waals surface area contributed by atoms with E-state index in [4.69, 9.17) is 9.47 Å². The Hall–Kier alpha value is -3.29. The Balaban J connectivity index is 1.46. The van der Waals surface area contributed by atoms with Gasteiger partial charge in [-0.05, 0) is 25.1 Å². The summed E-state index contributed by atoms with van der Waals surface area (Å²) in [7, 11) is 1.67. The molecule has 1 aromatic carbocycles. The molecular weight excluding hydrogens is 358 g/mol. The number of imidazole rings is 1. The number of para-hydroxylation sites is 2. The zero-order valence-electron chi connectivity index (χ0n) is 16.0. The molecule has 1 aliphatic heterocycles. The largest absolute Gasteiger partial charge is 0.495 e. The molecule has 0 atom stereocenters. The second-order valence-corrected chi connectivity index (χ2v) is 6.48. The number of amides is 1. The van der Waals surface area contributed by atoms with Crippen molar-refractivity contribution >= 4 is 17.2 Å². The van der Waals surface area contributed by atoms with Gasteiger partial charge in [-0.1, -0.05) is 12.1 Å². The SMILES string of the molecule is CCOc1ccc2nc(C(=O)N3CCN(c4ccccc4OC)CC3)cn2n1. The number of aromatic nitrogens is 3. The van der Waals surface area contributed by atoms with Crippen molar-refractivity contribution in [3.8, 4) is 11.6 Å². The maximum absolute atomic E-state index is 12.9. The molecule has 0 unspecified atom stereocenters. The van der Waals surface area contributed by atoms with E-state index in [1.165, 1.54) is 0 Å². The van der Waals surface area contributed by atoms with Crippen molar-refractivity contribution in [2.45, 2.75) is 6.92 Å². The maximum Gasteiger partial charge on any atom is 0.274 e. The monoisotopic (exact) mass is 381 g/mol. The molecule has 0 bridgehead atoms. The first kappa shape index (κ1) is 18.1. The summed E-state index contributed by atoms with van der Waals surface area (Å²) in [5.74, 6) is 1.28. The Labute approximate surface area is 163 Å². The average Bonchev–Trinajstić information content (AvgIpc) is 3.17. The van der Waals surface area contributed by atoms with Crippen LogP contribution in [0.2, 0.25) is 0 Å². The van der Waals surface area contributed by atoms with Crippen LogP contribution in [-0.4, -0.2) is 65.3 Å². The summed E-state index contributed by atoms with van der Waals surface area (Å²) in [5, 5.41) is 4.32. The van der Waals surface area contributed by atoms with Gasteiger partial charge < -0.3 is 19.3 Å². The molecular formula is C20H23N5O3. The molecule has 8 nitrogen and oxygen atoms in total. The Morgan fingerprint density at radius 1 is 1.11 bits per heavy atom. The van der Waals surface area contributed by atoms with E-state index in [0.717, 1.165) is 24.5 Å². The summed E-state index contributed by atoms with van der Waals surface area (Å²) in [4.78, 5) is 21.4. The van der Waals surface area contributed by atoms with Crippen molar-refractivity contribution in [3.05, 3.63) is 48.3 Å². The van der Waals surface area contributed by atoms with Gasteiger partial charge in [0.05, 0.1) is 25.6 Å². The number of hydrogen-bond acceptors (Lipinski definition) is 6. The summed E-state index contributed by atoms with van der Waals surface area (Å²) >= 11 is 0. The zero-order chi connectivity index (χ0) is 19.5. The summed E-state index contributed by atoms with van der Waals surface area (Å²) in [6.07, 6.45) is 1.66. The molecule has 3 heterocycles. The number of carbonyl (C=O) groups is 1. The number of hydrogen-bond donors (Lipinski definition) is 0. The number of nitrogens with zero attached hydrogens (tertiary/aromatic N) is 5. The van der Waals surface area contributed by atoms with Gasteiger partial charge in [-0.2, -0.15) is 0 Å². The van der Waals surface area contributed by atoms with Crippen LogP contribution in [0, 0.1) is 0 Å². The highest BCUT2D eigenvalue weighted by Gasteiger charge is 2.25. The molecule has 0 radical (unpaired) electrons. The van der Waals surface area contributed by atoms with Crippen LogP contribution in [0.25, 0.3) is 5.65 Å². The lowest BCUT2D eigenvalue weighted by molar-refractivity contribution is 0.0741. The number of carbonyl (C=O) groups excluding carboxylic acids is 1. The highest BCUT2D eigenvalue weighted by atomic mass is 16.5. The van der Waals surface area contributed by atoms with Gasteiger partial charge in [0.2, 0.25) is 5.88 Å². The van der Waals surface area contributed by atoms with E-state index in [-0.39, 0.29) is 5.91 Å². The molecule has 8 heteroatoms. The summed E-state index contributed by atoms with van der Waals surface area (Å²) in [6.45, 7) is 5.18. The minimum absolute atomic E-state index is 0.0804. The first-order valence-electron chi connectivity index (χ1n) is 9.36. The molecule has 0 spiro atoms. The van der Waals surface area contributed by atoms with Crippen molar-refractivity contribution < 1.29 is 14.3 Å². The van der Waals surface area contributed by atoms with Crippen molar-refractivity contribution in [3.63, 3.8) is 0 Å². The molecule has 1 aliphatic rings. The third-order valence-electron chi connectivity index (χ3n) is 4.80. The molecule has 4 rings (SSSR count). The second-order valence-electron chi connectivity index (χ2n) is 6.48. The van der Waals surface area contributed by atoms with Crippen LogP contribution in [0.1, 0.15) is 17.4 Å². The van der Waals surface area contributed by atoms with E-state index >= 15 is 0 Å². The van der Waals surface area contributed by atoms with Crippen LogP contribution in [-0.2, 0) is 0 Å². The van der Waals surface area contributed by atoms with Crippen LogP contribution in [0.5, 0.6) is 11.6 Å². The average molecular weight is 381 g/mol. The fraction of sp³-hybridized carbons (Fsp3) is 0.350. The molecule has 0 saturated carbocycles.